The first-order valence-corrected chi connectivity index (χ1v) is 17.5. The van der Waals surface area contributed by atoms with Crippen LogP contribution >= 0.6 is 0 Å². The van der Waals surface area contributed by atoms with Gasteiger partial charge in [0.2, 0.25) is 29.9 Å². The normalized spacial score (nSPS) is 24.4. The maximum absolute atomic E-state index is 13.8. The van der Waals surface area contributed by atoms with Gasteiger partial charge in [-0.2, -0.15) is 0 Å². The molecule has 0 aliphatic carbocycles. The van der Waals surface area contributed by atoms with Gasteiger partial charge in [0.15, 0.2) is 0 Å². The molecular formula is C38H47N5O10. The predicted octanol–water partition coefficient (Wildman–Crippen LogP) is -1.33. The minimum Gasteiger partial charge on any atom is -0.462 e. The van der Waals surface area contributed by atoms with Crippen molar-refractivity contribution in [3.8, 4) is 5.75 Å². The first-order chi connectivity index (χ1) is 25.4. The van der Waals surface area contributed by atoms with Crippen molar-refractivity contribution >= 4 is 23.6 Å². The number of likely N-dealkylation sites (tertiary alicyclic amines) is 1. The summed E-state index contributed by atoms with van der Waals surface area (Å²) in [5.41, 5.74) is 14.3. The van der Waals surface area contributed by atoms with Crippen LogP contribution in [0.3, 0.4) is 0 Å². The molecule has 15 nitrogen and oxygen atoms in total. The molecule has 2 aliphatic rings. The molecule has 2 saturated heterocycles. The Morgan fingerprint density at radius 1 is 0.792 bits per heavy atom. The van der Waals surface area contributed by atoms with E-state index in [1.165, 1.54) is 4.90 Å². The lowest BCUT2D eigenvalue weighted by molar-refractivity contribution is -0.277. The Hall–Kier alpha value is -4.90. The number of hydrogen-bond acceptors (Lipinski definition) is 11. The van der Waals surface area contributed by atoms with Crippen LogP contribution < -0.4 is 26.8 Å². The molecule has 3 aromatic rings. The summed E-state index contributed by atoms with van der Waals surface area (Å²) in [5, 5.41) is 45.2. The largest absolute Gasteiger partial charge is 0.462 e. The van der Waals surface area contributed by atoms with E-state index in [9.17, 15) is 39.6 Å². The first kappa shape index (κ1) is 39.3. The fourth-order valence-corrected chi connectivity index (χ4v) is 6.53. The minimum atomic E-state index is -1.59. The Labute approximate surface area is 306 Å². The number of carbonyl (C=O) groups excluding carboxylic acids is 4. The molecule has 2 fully saturated rings. The highest BCUT2D eigenvalue weighted by Crippen LogP contribution is 2.25. The van der Waals surface area contributed by atoms with E-state index in [1.54, 1.807) is 24.3 Å². The van der Waals surface area contributed by atoms with Crippen LogP contribution in [-0.2, 0) is 43.2 Å². The quantitative estimate of drug-likeness (QED) is 0.0909. The number of primary amides is 1. The average molecular weight is 734 g/mol. The van der Waals surface area contributed by atoms with Crippen molar-refractivity contribution in [2.24, 2.45) is 11.5 Å². The molecule has 0 bridgehead atoms. The molecule has 0 saturated carbocycles. The molecular weight excluding hydrogens is 686 g/mol. The van der Waals surface area contributed by atoms with Crippen molar-refractivity contribution in [2.45, 2.75) is 87.0 Å². The monoisotopic (exact) mass is 733 g/mol. The number of nitrogens with two attached hydrogens (primary N) is 2. The number of aliphatic hydroxyl groups excluding tert-OH is 4. The molecule has 3 aromatic carbocycles. The number of nitrogens with zero attached hydrogens (tertiary/aromatic N) is 1. The van der Waals surface area contributed by atoms with E-state index < -0.39 is 85.1 Å². The molecule has 0 radical (unpaired) electrons. The number of carbonyl (C=O) groups is 4. The van der Waals surface area contributed by atoms with E-state index in [4.69, 9.17) is 20.9 Å². The maximum Gasteiger partial charge on any atom is 0.243 e. The highest BCUT2D eigenvalue weighted by Gasteiger charge is 2.45. The van der Waals surface area contributed by atoms with Crippen LogP contribution in [0, 0.1) is 0 Å². The SMILES string of the molecule is NC(=O)[C@H](Cc1ccccc1)NC(=O)[C@H](Cc1ccccc1)NC(=O)[C@@H]1CCCN1C(=O)[C@@H](N)Cc1ccc(O[C@@H]2O[C@H](CO)[C@@H](O)[C@H](O)[C@H]2O)cc1. The number of ether oxygens (including phenoxy) is 2. The summed E-state index contributed by atoms with van der Waals surface area (Å²) in [6.07, 6.45) is -5.80. The number of benzene rings is 3. The topological polar surface area (TPSA) is 247 Å². The zero-order chi connectivity index (χ0) is 38.1. The summed E-state index contributed by atoms with van der Waals surface area (Å²) < 4.78 is 11.0. The number of aliphatic hydroxyl groups is 4. The second-order valence-electron chi connectivity index (χ2n) is 13.4. The molecule has 2 heterocycles. The van der Waals surface area contributed by atoms with Gasteiger partial charge in [0.05, 0.1) is 12.6 Å². The predicted molar refractivity (Wildman–Crippen MR) is 191 cm³/mol. The number of hydrogen-bond donors (Lipinski definition) is 8. The van der Waals surface area contributed by atoms with Crippen LogP contribution in [0.4, 0.5) is 0 Å². The summed E-state index contributed by atoms with van der Waals surface area (Å²) in [4.78, 5) is 54.8. The Morgan fingerprint density at radius 3 is 1.96 bits per heavy atom. The van der Waals surface area contributed by atoms with Gasteiger partial charge in [-0.1, -0.05) is 72.8 Å². The standard InChI is InChI=1S/C38H47N5O10/c39-26(18-24-13-15-25(16-14-24)52-38-33(47)32(46)31(45)30(21-44)53-38)37(51)43-17-7-12-29(43)36(50)42-28(20-23-10-5-2-6-11-23)35(49)41-27(34(40)48)19-22-8-3-1-4-9-22/h1-6,8-11,13-16,26-33,38,44-47H,7,12,17-21,39H2,(H2,40,48)(H,41,49)(H,42,50)/t26-,27-,28-,29-,30+,31+,32-,33+,38+/m0/s1. The van der Waals surface area contributed by atoms with Crippen molar-refractivity contribution in [2.75, 3.05) is 13.2 Å². The second kappa shape index (κ2) is 18.2. The molecule has 53 heavy (non-hydrogen) atoms. The third kappa shape index (κ3) is 10.2. The van der Waals surface area contributed by atoms with Gasteiger partial charge < -0.3 is 56.9 Å². The van der Waals surface area contributed by atoms with E-state index in [0.29, 0.717) is 24.9 Å². The van der Waals surface area contributed by atoms with Crippen LogP contribution in [0.2, 0.25) is 0 Å². The lowest BCUT2D eigenvalue weighted by atomic mass is 9.99. The molecule has 2 aliphatic heterocycles. The van der Waals surface area contributed by atoms with Crippen molar-refractivity contribution in [3.63, 3.8) is 0 Å². The second-order valence-corrected chi connectivity index (χ2v) is 13.4. The van der Waals surface area contributed by atoms with Crippen molar-refractivity contribution < 1.29 is 49.1 Å². The first-order valence-electron chi connectivity index (χ1n) is 17.5. The van der Waals surface area contributed by atoms with Crippen molar-refractivity contribution in [3.05, 3.63) is 102 Å². The molecule has 15 heteroatoms. The van der Waals surface area contributed by atoms with E-state index in [1.807, 2.05) is 60.7 Å². The zero-order valence-electron chi connectivity index (χ0n) is 29.1. The molecule has 9 atom stereocenters. The lowest BCUT2D eigenvalue weighted by Gasteiger charge is -2.39. The smallest absolute Gasteiger partial charge is 0.243 e. The highest BCUT2D eigenvalue weighted by atomic mass is 16.7. The molecule has 5 rings (SSSR count). The Balaban J connectivity index is 1.21. The summed E-state index contributed by atoms with van der Waals surface area (Å²) in [6.45, 7) is -0.293. The number of rotatable bonds is 15. The van der Waals surface area contributed by atoms with Gasteiger partial charge >= 0.3 is 0 Å². The summed E-state index contributed by atoms with van der Waals surface area (Å²) >= 11 is 0. The minimum absolute atomic E-state index is 0.124. The van der Waals surface area contributed by atoms with E-state index >= 15 is 0 Å². The Kier molecular flexibility index (Phi) is 13.5. The fraction of sp³-hybridized carbons (Fsp3) is 0.421. The van der Waals surface area contributed by atoms with Crippen molar-refractivity contribution in [1.82, 2.24) is 15.5 Å². The van der Waals surface area contributed by atoms with Crippen LogP contribution in [0.25, 0.3) is 0 Å². The Morgan fingerprint density at radius 2 is 1.38 bits per heavy atom. The van der Waals surface area contributed by atoms with E-state index in [2.05, 4.69) is 10.6 Å². The Bertz CT molecular complexity index is 1680. The molecule has 0 spiro atoms. The molecule has 10 N–H and O–H groups in total. The van der Waals surface area contributed by atoms with Gasteiger partial charge in [-0.15, -0.1) is 0 Å². The number of amides is 4. The van der Waals surface area contributed by atoms with Crippen molar-refractivity contribution in [1.29, 1.82) is 0 Å². The maximum atomic E-state index is 13.8. The van der Waals surface area contributed by atoms with Crippen LogP contribution in [0.1, 0.15) is 29.5 Å². The van der Waals surface area contributed by atoms with Crippen LogP contribution in [0.5, 0.6) is 5.75 Å². The molecule has 0 aromatic heterocycles. The molecule has 284 valence electrons. The zero-order valence-corrected chi connectivity index (χ0v) is 29.1. The summed E-state index contributed by atoms with van der Waals surface area (Å²) in [5.74, 6) is -2.01. The average Bonchev–Trinajstić information content (AvgIpc) is 3.66. The molecule has 4 amide bonds. The fourth-order valence-electron chi connectivity index (χ4n) is 6.53. The third-order valence-electron chi connectivity index (χ3n) is 9.49. The lowest BCUT2D eigenvalue weighted by Crippen LogP contribution is -2.60. The molecule has 0 unspecified atom stereocenters. The van der Waals surface area contributed by atoms with Gasteiger partial charge in [0, 0.05) is 19.4 Å². The van der Waals surface area contributed by atoms with E-state index in [0.717, 1.165) is 11.1 Å². The third-order valence-corrected chi connectivity index (χ3v) is 9.49. The van der Waals surface area contributed by atoms with Crippen LogP contribution in [-0.4, -0.2) is 117 Å². The van der Waals surface area contributed by atoms with Gasteiger partial charge in [-0.25, -0.2) is 0 Å². The van der Waals surface area contributed by atoms with Gasteiger partial charge in [-0.05, 0) is 48.1 Å². The highest BCUT2D eigenvalue weighted by molar-refractivity contribution is 5.95. The summed E-state index contributed by atoms with van der Waals surface area (Å²) in [7, 11) is 0. The number of nitrogens with one attached hydrogen (secondary N) is 2. The van der Waals surface area contributed by atoms with Crippen LogP contribution in [0.15, 0.2) is 84.9 Å². The summed E-state index contributed by atoms with van der Waals surface area (Å²) in [6, 6.07) is 20.7. The van der Waals surface area contributed by atoms with E-state index in [-0.39, 0.29) is 25.0 Å². The van der Waals surface area contributed by atoms with Gasteiger partial charge in [0.25, 0.3) is 0 Å². The van der Waals surface area contributed by atoms with Gasteiger partial charge in [0.1, 0.15) is 48.3 Å². The van der Waals surface area contributed by atoms with Gasteiger partial charge in [-0.3, -0.25) is 19.2 Å².